The van der Waals surface area contributed by atoms with Gasteiger partial charge in [0, 0.05) is 115 Å². The van der Waals surface area contributed by atoms with Gasteiger partial charge in [0.05, 0.1) is 29.8 Å². The molecule has 0 saturated carbocycles. The Labute approximate surface area is 412 Å². The Morgan fingerprint density at radius 2 is 1.58 bits per heavy atom. The predicted octanol–water partition coefficient (Wildman–Crippen LogP) is 4.20. The van der Waals surface area contributed by atoms with E-state index in [1.165, 1.54) is 15.8 Å². The molecule has 15 heteroatoms. The number of anilines is 2. The van der Waals surface area contributed by atoms with Crippen LogP contribution >= 0.6 is 0 Å². The Balaban J connectivity index is 0.710. The zero-order valence-corrected chi connectivity index (χ0v) is 40.7. The molecule has 364 valence electrons. The van der Waals surface area contributed by atoms with Gasteiger partial charge in [-0.15, -0.1) is 0 Å². The molecular weight excluding hydrogens is 895 g/mol. The van der Waals surface area contributed by atoms with Crippen molar-refractivity contribution in [2.45, 2.75) is 96.1 Å². The number of piperazine rings is 1. The first-order chi connectivity index (χ1) is 34.6. The van der Waals surface area contributed by atoms with Crippen molar-refractivity contribution in [2.75, 3.05) is 69.1 Å². The number of carbonyl (C=O) groups excluding carboxylic acids is 6. The molecule has 0 spiro atoms. The largest absolute Gasteiger partial charge is 0.384 e. The van der Waals surface area contributed by atoms with Gasteiger partial charge in [-0.25, -0.2) is 24.0 Å². The molecule has 3 aromatic carbocycles. The molecule has 3 fully saturated rings. The zero-order valence-electron chi connectivity index (χ0n) is 40.7. The van der Waals surface area contributed by atoms with Gasteiger partial charge < -0.3 is 30.4 Å². The normalized spacial score (nSPS) is 18.1. The number of nitrogens with one attached hydrogen (secondary N) is 4. The molecule has 1 aliphatic carbocycles. The fourth-order valence-corrected chi connectivity index (χ4v) is 11.6. The highest BCUT2D eigenvalue weighted by Gasteiger charge is 2.40. The highest BCUT2D eigenvalue weighted by Crippen LogP contribution is 2.50. The molecule has 4 N–H and O–H groups in total. The maximum absolute atomic E-state index is 13.0. The summed E-state index contributed by atoms with van der Waals surface area (Å²) < 4.78 is 1.46. The second kappa shape index (κ2) is 20.9. The second-order valence-corrected chi connectivity index (χ2v) is 19.7. The average molecular weight is 954 g/mol. The van der Waals surface area contributed by atoms with Crippen LogP contribution < -0.4 is 31.5 Å². The maximum atomic E-state index is 13.0. The third-order valence-corrected chi connectivity index (χ3v) is 15.3. The number of piperidine rings is 2. The van der Waals surface area contributed by atoms with Gasteiger partial charge in [-0.1, -0.05) is 51.8 Å². The number of nitriles is 1. The van der Waals surface area contributed by atoms with Crippen molar-refractivity contribution in [2.24, 2.45) is 0 Å². The lowest BCUT2D eigenvalue weighted by atomic mass is 9.69. The quantitative estimate of drug-likeness (QED) is 0.0919. The van der Waals surface area contributed by atoms with Crippen molar-refractivity contribution in [1.82, 2.24) is 30.0 Å². The van der Waals surface area contributed by atoms with Crippen LogP contribution in [0.15, 0.2) is 59.9 Å². The zero-order chi connectivity index (χ0) is 49.8. The molecule has 15 nitrogen and oxygen atoms in total. The van der Waals surface area contributed by atoms with Crippen LogP contribution in [0.2, 0.25) is 0 Å². The number of allylic oxidation sites excluding steroid dienone is 2. The average Bonchev–Trinajstić information content (AvgIpc) is 3.95. The first-order valence-corrected chi connectivity index (χ1v) is 25.0. The van der Waals surface area contributed by atoms with E-state index in [2.05, 4.69) is 80.5 Å². The summed E-state index contributed by atoms with van der Waals surface area (Å²) in [7, 11) is 0. The molecule has 0 bridgehead atoms. The first kappa shape index (κ1) is 48.5. The second-order valence-electron chi connectivity index (χ2n) is 19.7. The summed E-state index contributed by atoms with van der Waals surface area (Å²) in [6.45, 7) is 13.7. The number of fused-ring (bicyclic) bond motifs is 5. The van der Waals surface area contributed by atoms with E-state index in [-0.39, 0.29) is 34.4 Å². The standard InChI is InChI=1S/C56H59N9O6/c1-4-37-27-42-43(32-67)53-40-14-12-36(29-57)26-46(40)61-55(53)56(2,3)44(42)28-49(37)64-20-16-39(17-21-64)63-24-22-62(23-25-63)30-52(71)59-19-8-6-5-7-18-58-45-11-9-10-41-50(34-69)65(51(35-70)54(41)45)48-15-13-38(31-66)60-47(48)33-68/h9-12,14,26-28,39,48,58,60-61H,4-8,13,15-25,30H2,1-3H3,(H,59,71). The SMILES string of the molecule is CCc1cc2c(cc1N1CCC(N3CCN(CC(=O)NCCCCCCNc4cccc5c(=C=O)n(C6CCC(=C=O)NC6=C=O)c(=C=O)c45)CC3)CC1)C(C)(C)c1[nH]c3cc(C#N)ccc3c1C2=C=O. The molecule has 1 unspecified atom stereocenters. The van der Waals surface area contributed by atoms with Gasteiger partial charge in [-0.05, 0) is 85.5 Å². The summed E-state index contributed by atoms with van der Waals surface area (Å²) in [6.07, 6.45) is 7.11. The number of carbonyl (C=O) groups is 1. The van der Waals surface area contributed by atoms with Crippen LogP contribution in [0.5, 0.6) is 0 Å². The topological polar surface area (TPSA) is 193 Å². The number of H-pyrrole nitrogens is 1. The van der Waals surface area contributed by atoms with Gasteiger partial charge in [0.2, 0.25) is 5.91 Å². The number of unbranched alkanes of at least 4 members (excludes halogenated alkanes) is 3. The number of hydrogen-bond donors (Lipinski definition) is 4. The van der Waals surface area contributed by atoms with Crippen molar-refractivity contribution >= 4 is 74.2 Å². The van der Waals surface area contributed by atoms with Crippen molar-refractivity contribution in [1.29, 1.82) is 5.26 Å². The number of aromatic amines is 1. The lowest BCUT2D eigenvalue weighted by Crippen LogP contribution is -2.54. The molecule has 2 aromatic heterocycles. The maximum Gasteiger partial charge on any atom is 0.234 e. The van der Waals surface area contributed by atoms with Gasteiger partial charge in [0.1, 0.15) is 39.9 Å². The molecule has 3 saturated heterocycles. The summed E-state index contributed by atoms with van der Waals surface area (Å²) in [6, 6.07) is 17.5. The van der Waals surface area contributed by atoms with E-state index in [1.807, 2.05) is 36.0 Å². The van der Waals surface area contributed by atoms with Gasteiger partial charge in [0.15, 0.2) is 11.9 Å². The van der Waals surface area contributed by atoms with Crippen molar-refractivity contribution in [3.8, 4) is 6.07 Å². The number of aromatic nitrogens is 2. The monoisotopic (exact) mass is 953 g/mol. The molecule has 9 rings (SSSR count). The number of amides is 1. The van der Waals surface area contributed by atoms with Crippen LogP contribution in [0.25, 0.3) is 27.2 Å². The number of nitrogens with zero attached hydrogens (tertiary/aromatic N) is 5. The van der Waals surface area contributed by atoms with Crippen LogP contribution in [0.4, 0.5) is 11.4 Å². The highest BCUT2D eigenvalue weighted by atomic mass is 16.2. The smallest absolute Gasteiger partial charge is 0.234 e. The van der Waals surface area contributed by atoms with E-state index in [0.29, 0.717) is 59.7 Å². The fourth-order valence-electron chi connectivity index (χ4n) is 11.6. The molecule has 5 aromatic rings. The molecule has 0 radical (unpaired) electrons. The van der Waals surface area contributed by atoms with E-state index in [4.69, 9.17) is 0 Å². The third kappa shape index (κ3) is 9.23. The Morgan fingerprint density at radius 1 is 0.817 bits per heavy atom. The van der Waals surface area contributed by atoms with Crippen molar-refractivity contribution < 1.29 is 28.8 Å². The van der Waals surface area contributed by atoms with Gasteiger partial charge in [-0.2, -0.15) is 5.26 Å². The van der Waals surface area contributed by atoms with E-state index in [1.54, 1.807) is 24.1 Å². The molecule has 4 aliphatic rings. The van der Waals surface area contributed by atoms with Crippen LogP contribution in [0.1, 0.15) is 112 Å². The minimum Gasteiger partial charge on any atom is -0.384 e. The van der Waals surface area contributed by atoms with Gasteiger partial charge in [-0.3, -0.25) is 14.6 Å². The Hall–Kier alpha value is -7.47. The van der Waals surface area contributed by atoms with Crippen LogP contribution in [-0.4, -0.2) is 120 Å². The molecule has 71 heavy (non-hydrogen) atoms. The highest BCUT2D eigenvalue weighted by molar-refractivity contribution is 6.10. The Kier molecular flexibility index (Phi) is 14.3. The molecule has 3 aliphatic heterocycles. The van der Waals surface area contributed by atoms with Crippen LogP contribution in [-0.2, 0) is 40.6 Å². The van der Waals surface area contributed by atoms with E-state index < -0.39 is 11.5 Å². The lowest BCUT2D eigenvalue weighted by Gasteiger charge is -2.44. The van der Waals surface area contributed by atoms with Crippen LogP contribution in [0, 0.1) is 11.3 Å². The minimum atomic E-state index is -0.721. The predicted molar refractivity (Wildman–Crippen MR) is 273 cm³/mol. The Bertz CT molecular complexity index is 3300. The van der Waals surface area contributed by atoms with Gasteiger partial charge >= 0.3 is 0 Å². The molecular formula is C56H59N9O6. The van der Waals surface area contributed by atoms with Gasteiger partial charge in [0.25, 0.3) is 0 Å². The van der Waals surface area contributed by atoms with Crippen molar-refractivity contribution in [3.05, 3.63) is 104 Å². The number of rotatable bonds is 14. The van der Waals surface area contributed by atoms with E-state index >= 15 is 0 Å². The summed E-state index contributed by atoms with van der Waals surface area (Å²) >= 11 is 0. The minimum absolute atomic E-state index is 0.0372. The summed E-state index contributed by atoms with van der Waals surface area (Å²) in [5.41, 5.74) is 8.88. The summed E-state index contributed by atoms with van der Waals surface area (Å²) in [5, 5.41) is 21.0. The summed E-state index contributed by atoms with van der Waals surface area (Å²) in [5.74, 6) is 9.90. The number of benzene rings is 3. The lowest BCUT2D eigenvalue weighted by molar-refractivity contribution is -0.122. The van der Waals surface area contributed by atoms with E-state index in [9.17, 15) is 34.0 Å². The van der Waals surface area contributed by atoms with Crippen LogP contribution in [0.3, 0.4) is 0 Å². The fraction of sp³-hybridized carbons (Fsp3) is 0.429. The third-order valence-electron chi connectivity index (χ3n) is 15.3. The van der Waals surface area contributed by atoms with Crippen molar-refractivity contribution in [3.63, 3.8) is 0 Å². The first-order valence-electron chi connectivity index (χ1n) is 25.0. The molecule has 5 heterocycles. The van der Waals surface area contributed by atoms with E-state index in [0.717, 1.165) is 118 Å². The molecule has 1 amide bonds. The summed E-state index contributed by atoms with van der Waals surface area (Å²) in [4.78, 5) is 84.4. The number of aryl methyl sites for hydroxylation is 1. The molecule has 1 atom stereocenters. The number of hydrogen-bond acceptors (Lipinski definition) is 12. The Morgan fingerprint density at radius 3 is 2.27 bits per heavy atom.